The van der Waals surface area contributed by atoms with Crippen LogP contribution in [0.4, 0.5) is 4.39 Å². The Balaban J connectivity index is 1.55. The lowest BCUT2D eigenvalue weighted by molar-refractivity contribution is -0.120. The zero-order valence-corrected chi connectivity index (χ0v) is 18.6. The van der Waals surface area contributed by atoms with Gasteiger partial charge in [-0.25, -0.2) is 14.6 Å². The Morgan fingerprint density at radius 1 is 1.03 bits per heavy atom. The fraction of sp³-hybridized carbons (Fsp3) is 0.0833. The summed E-state index contributed by atoms with van der Waals surface area (Å²) in [6.07, 6.45) is 1.35. The molecular weight excluding hydrogens is 465 g/mol. The number of carbonyl (C=O) groups excluding carboxylic acids is 3. The standard InChI is InChI=1S/C24H19ClFN3O5/c1-33-21-12-15(6-11-20(21)34-24(32)18-4-2-3-5-19(18)25)13-28-29-22(30)14-27-23(31)16-7-9-17(26)10-8-16/h2-13H,14H2,1H3,(H,27,31)(H,29,30)/b28-13-. The largest absolute Gasteiger partial charge is 0.493 e. The van der Waals surface area contributed by atoms with Crippen LogP contribution in [-0.4, -0.2) is 37.7 Å². The molecule has 0 bridgehead atoms. The SMILES string of the molecule is COc1cc(/C=N\NC(=O)CNC(=O)c2ccc(F)cc2)ccc1OC(=O)c1ccccc1Cl. The van der Waals surface area contributed by atoms with E-state index >= 15 is 0 Å². The van der Waals surface area contributed by atoms with Gasteiger partial charge in [-0.05, 0) is 60.2 Å². The highest BCUT2D eigenvalue weighted by atomic mass is 35.5. The molecule has 3 aromatic carbocycles. The summed E-state index contributed by atoms with van der Waals surface area (Å²) in [6.45, 7) is -0.326. The molecule has 0 aliphatic rings. The molecule has 0 spiro atoms. The van der Waals surface area contributed by atoms with Gasteiger partial charge in [0.1, 0.15) is 5.82 Å². The molecule has 0 aliphatic heterocycles. The molecule has 34 heavy (non-hydrogen) atoms. The van der Waals surface area contributed by atoms with Crippen molar-refractivity contribution in [3.63, 3.8) is 0 Å². The second kappa shape index (κ2) is 11.6. The van der Waals surface area contributed by atoms with Crippen LogP contribution in [0, 0.1) is 5.82 Å². The number of hydrogen-bond donors (Lipinski definition) is 2. The number of carbonyl (C=O) groups is 3. The average molecular weight is 484 g/mol. The van der Waals surface area contributed by atoms with Gasteiger partial charge in [0.25, 0.3) is 11.8 Å². The van der Waals surface area contributed by atoms with E-state index in [1.165, 1.54) is 31.5 Å². The molecule has 174 valence electrons. The van der Waals surface area contributed by atoms with Gasteiger partial charge in [0.2, 0.25) is 0 Å². The van der Waals surface area contributed by atoms with Crippen LogP contribution in [0.1, 0.15) is 26.3 Å². The van der Waals surface area contributed by atoms with Crippen molar-refractivity contribution in [2.24, 2.45) is 5.10 Å². The Labute approximate surface area is 199 Å². The first-order chi connectivity index (χ1) is 16.4. The number of hydrogen-bond acceptors (Lipinski definition) is 6. The molecule has 10 heteroatoms. The minimum Gasteiger partial charge on any atom is -0.493 e. The highest BCUT2D eigenvalue weighted by molar-refractivity contribution is 6.33. The van der Waals surface area contributed by atoms with Crippen molar-refractivity contribution in [1.29, 1.82) is 0 Å². The Kier molecular flexibility index (Phi) is 8.31. The van der Waals surface area contributed by atoms with Gasteiger partial charge in [-0.3, -0.25) is 9.59 Å². The maximum Gasteiger partial charge on any atom is 0.345 e. The highest BCUT2D eigenvalue weighted by Crippen LogP contribution is 2.29. The summed E-state index contributed by atoms with van der Waals surface area (Å²) in [4.78, 5) is 36.2. The molecule has 0 aromatic heterocycles. The van der Waals surface area contributed by atoms with Crippen LogP contribution in [0.3, 0.4) is 0 Å². The quantitative estimate of drug-likeness (QED) is 0.220. The van der Waals surface area contributed by atoms with Crippen molar-refractivity contribution in [2.75, 3.05) is 13.7 Å². The van der Waals surface area contributed by atoms with E-state index in [1.54, 1.807) is 36.4 Å². The van der Waals surface area contributed by atoms with E-state index in [0.29, 0.717) is 5.56 Å². The number of nitrogens with one attached hydrogen (secondary N) is 2. The minimum atomic E-state index is -0.639. The van der Waals surface area contributed by atoms with E-state index in [-0.39, 0.29) is 34.2 Å². The third-order valence-corrected chi connectivity index (χ3v) is 4.73. The van der Waals surface area contributed by atoms with Gasteiger partial charge in [-0.2, -0.15) is 5.10 Å². The van der Waals surface area contributed by atoms with Gasteiger partial charge < -0.3 is 14.8 Å². The number of esters is 1. The Morgan fingerprint density at radius 2 is 1.76 bits per heavy atom. The molecule has 3 aromatic rings. The molecule has 0 atom stereocenters. The van der Waals surface area contributed by atoms with Crippen molar-refractivity contribution in [3.8, 4) is 11.5 Å². The number of rotatable bonds is 8. The first kappa shape index (κ1) is 24.4. The first-order valence-corrected chi connectivity index (χ1v) is 10.3. The first-order valence-electron chi connectivity index (χ1n) is 9.88. The third kappa shape index (κ3) is 6.63. The number of hydrazone groups is 1. The molecule has 0 aliphatic carbocycles. The lowest BCUT2D eigenvalue weighted by atomic mass is 10.2. The van der Waals surface area contributed by atoms with Gasteiger partial charge >= 0.3 is 5.97 Å². The molecular formula is C24H19ClFN3O5. The maximum atomic E-state index is 12.9. The second-order valence-corrected chi connectivity index (χ2v) is 7.17. The van der Waals surface area contributed by atoms with E-state index in [9.17, 15) is 18.8 Å². The van der Waals surface area contributed by atoms with E-state index in [2.05, 4.69) is 15.8 Å². The molecule has 2 amide bonds. The van der Waals surface area contributed by atoms with Crippen LogP contribution >= 0.6 is 11.6 Å². The van der Waals surface area contributed by atoms with Crippen LogP contribution < -0.4 is 20.2 Å². The van der Waals surface area contributed by atoms with E-state index in [4.69, 9.17) is 21.1 Å². The Morgan fingerprint density at radius 3 is 2.47 bits per heavy atom. The van der Waals surface area contributed by atoms with Crippen LogP contribution in [0.15, 0.2) is 71.8 Å². The number of benzene rings is 3. The fourth-order valence-corrected chi connectivity index (χ4v) is 2.93. The molecule has 0 saturated heterocycles. The third-order valence-electron chi connectivity index (χ3n) is 4.40. The van der Waals surface area contributed by atoms with Crippen molar-refractivity contribution in [2.45, 2.75) is 0 Å². The average Bonchev–Trinajstić information content (AvgIpc) is 2.84. The summed E-state index contributed by atoms with van der Waals surface area (Å²) in [7, 11) is 1.41. The van der Waals surface area contributed by atoms with Gasteiger partial charge in [-0.15, -0.1) is 0 Å². The number of halogens is 2. The molecule has 0 unspecified atom stereocenters. The minimum absolute atomic E-state index is 0.178. The van der Waals surface area contributed by atoms with E-state index in [1.807, 2.05) is 0 Å². The molecule has 8 nitrogen and oxygen atoms in total. The summed E-state index contributed by atoms with van der Waals surface area (Å²) in [5.41, 5.74) is 3.26. The normalized spacial score (nSPS) is 10.6. The summed E-state index contributed by atoms with van der Waals surface area (Å²) in [5.74, 6) is -1.75. The molecule has 0 fully saturated rings. The molecule has 0 radical (unpaired) electrons. The van der Waals surface area contributed by atoms with Crippen molar-refractivity contribution >= 4 is 35.6 Å². The van der Waals surface area contributed by atoms with Gasteiger partial charge in [0.15, 0.2) is 11.5 Å². The molecule has 0 heterocycles. The predicted octanol–water partition coefficient (Wildman–Crippen LogP) is 3.59. The lowest BCUT2D eigenvalue weighted by Gasteiger charge is -2.10. The zero-order valence-electron chi connectivity index (χ0n) is 17.9. The van der Waals surface area contributed by atoms with Crippen LogP contribution in [0.2, 0.25) is 5.02 Å². The van der Waals surface area contributed by atoms with E-state index < -0.39 is 23.6 Å². The maximum absolute atomic E-state index is 12.9. The molecule has 0 saturated carbocycles. The van der Waals surface area contributed by atoms with Crippen LogP contribution in [0.25, 0.3) is 0 Å². The Bertz CT molecular complexity index is 1230. The summed E-state index contributed by atoms with van der Waals surface area (Å²) in [6, 6.07) is 16.1. The smallest absolute Gasteiger partial charge is 0.345 e. The summed E-state index contributed by atoms with van der Waals surface area (Å²) >= 11 is 6.02. The topological polar surface area (TPSA) is 106 Å². The molecule has 2 N–H and O–H groups in total. The van der Waals surface area contributed by atoms with E-state index in [0.717, 1.165) is 12.1 Å². The number of ether oxygens (including phenoxy) is 2. The van der Waals surface area contributed by atoms with Gasteiger partial charge in [-0.1, -0.05) is 23.7 Å². The monoisotopic (exact) mass is 483 g/mol. The van der Waals surface area contributed by atoms with Gasteiger partial charge in [0.05, 0.1) is 30.5 Å². The van der Waals surface area contributed by atoms with Crippen LogP contribution in [-0.2, 0) is 4.79 Å². The predicted molar refractivity (Wildman–Crippen MR) is 124 cm³/mol. The van der Waals surface area contributed by atoms with Crippen molar-refractivity contribution in [3.05, 3.63) is 94.3 Å². The van der Waals surface area contributed by atoms with Crippen molar-refractivity contribution < 1.29 is 28.2 Å². The number of amides is 2. The lowest BCUT2D eigenvalue weighted by Crippen LogP contribution is -2.34. The highest BCUT2D eigenvalue weighted by Gasteiger charge is 2.15. The van der Waals surface area contributed by atoms with Crippen LogP contribution in [0.5, 0.6) is 11.5 Å². The summed E-state index contributed by atoms with van der Waals surface area (Å²) in [5, 5.41) is 6.49. The number of methoxy groups -OCH3 is 1. The fourth-order valence-electron chi connectivity index (χ4n) is 2.71. The number of nitrogens with zero attached hydrogens (tertiary/aromatic N) is 1. The summed E-state index contributed by atoms with van der Waals surface area (Å²) < 4.78 is 23.5. The molecule has 3 rings (SSSR count). The Hall–Kier alpha value is -4.24. The van der Waals surface area contributed by atoms with Crippen molar-refractivity contribution in [1.82, 2.24) is 10.7 Å². The van der Waals surface area contributed by atoms with Gasteiger partial charge in [0, 0.05) is 5.56 Å². The second-order valence-electron chi connectivity index (χ2n) is 6.76. The zero-order chi connectivity index (χ0) is 24.5.